The van der Waals surface area contributed by atoms with Gasteiger partial charge in [-0.15, -0.1) is 0 Å². The minimum absolute atomic E-state index is 0.163. The van der Waals surface area contributed by atoms with E-state index in [0.29, 0.717) is 5.92 Å². The van der Waals surface area contributed by atoms with E-state index in [9.17, 15) is 0 Å². The average molecular weight is 379 g/mol. The summed E-state index contributed by atoms with van der Waals surface area (Å²) in [4.78, 5) is 7.18. The van der Waals surface area contributed by atoms with Crippen LogP contribution >= 0.6 is 11.8 Å². The normalized spacial score (nSPS) is 18.1. The van der Waals surface area contributed by atoms with Gasteiger partial charge in [0.2, 0.25) is 0 Å². The molecule has 0 amide bonds. The van der Waals surface area contributed by atoms with Crippen LogP contribution in [0.3, 0.4) is 0 Å². The van der Waals surface area contributed by atoms with Crippen LogP contribution in [0.25, 0.3) is 0 Å². The summed E-state index contributed by atoms with van der Waals surface area (Å²) >= 11 is 1.85. The van der Waals surface area contributed by atoms with Crippen LogP contribution in [0.5, 0.6) is 5.75 Å². The van der Waals surface area contributed by atoms with E-state index in [1.165, 1.54) is 12.1 Å². The number of nitrogens with zero attached hydrogens (tertiary/aromatic N) is 2. The molecule has 0 radical (unpaired) electrons. The molecule has 0 aliphatic carbocycles. The lowest BCUT2D eigenvalue weighted by atomic mass is 10.1. The van der Waals surface area contributed by atoms with Gasteiger partial charge in [-0.25, -0.2) is 0 Å². The number of nitrogens with one attached hydrogen (secondary N) is 2. The average Bonchev–Trinajstić information content (AvgIpc) is 3.13. The van der Waals surface area contributed by atoms with Crippen LogP contribution in [0.1, 0.15) is 27.2 Å². The summed E-state index contributed by atoms with van der Waals surface area (Å²) in [5, 5.41) is 6.89. The van der Waals surface area contributed by atoms with Crippen LogP contribution < -0.4 is 20.3 Å². The van der Waals surface area contributed by atoms with Crippen LogP contribution in [0.2, 0.25) is 0 Å². The molecule has 1 aromatic rings. The maximum Gasteiger partial charge on any atom is 0.191 e. The lowest BCUT2D eigenvalue weighted by Gasteiger charge is -2.22. The summed E-state index contributed by atoms with van der Waals surface area (Å²) in [5.74, 6) is 2.48. The number of thioether (sulfide) groups is 1. The van der Waals surface area contributed by atoms with Crippen molar-refractivity contribution >= 4 is 23.4 Å². The van der Waals surface area contributed by atoms with Gasteiger partial charge in [-0.2, -0.15) is 11.8 Å². The fraction of sp³-hybridized carbons (Fsp3) is 0.650. The molecule has 0 spiro atoms. The number of rotatable bonds is 8. The van der Waals surface area contributed by atoms with E-state index in [0.717, 1.165) is 44.4 Å². The van der Waals surface area contributed by atoms with Crippen molar-refractivity contribution in [2.24, 2.45) is 10.9 Å². The van der Waals surface area contributed by atoms with Crippen LogP contribution in [-0.2, 0) is 0 Å². The van der Waals surface area contributed by atoms with Crippen molar-refractivity contribution < 1.29 is 4.74 Å². The zero-order valence-electron chi connectivity index (χ0n) is 16.8. The van der Waals surface area contributed by atoms with Gasteiger partial charge in [0.15, 0.2) is 5.96 Å². The second kappa shape index (κ2) is 9.95. The first kappa shape index (κ1) is 20.7. The van der Waals surface area contributed by atoms with Crippen LogP contribution in [0, 0.1) is 5.92 Å². The van der Waals surface area contributed by atoms with Crippen LogP contribution in [0.15, 0.2) is 29.3 Å². The predicted molar refractivity (Wildman–Crippen MR) is 115 cm³/mol. The SMILES string of the molecule is CCNC(=NCC(C)(C)SC)NCC1CCN(c2ccccc2OC)C1. The number of ether oxygens (including phenoxy) is 1. The Bertz CT molecular complexity index is 591. The third-order valence-electron chi connectivity index (χ3n) is 4.78. The van der Waals surface area contributed by atoms with Crippen molar-refractivity contribution in [3.63, 3.8) is 0 Å². The van der Waals surface area contributed by atoms with Crippen molar-refractivity contribution in [1.29, 1.82) is 0 Å². The Balaban J connectivity index is 1.89. The minimum atomic E-state index is 0.163. The molecule has 26 heavy (non-hydrogen) atoms. The molecule has 1 atom stereocenters. The van der Waals surface area contributed by atoms with Gasteiger partial charge in [0, 0.05) is 30.9 Å². The van der Waals surface area contributed by atoms with Gasteiger partial charge < -0.3 is 20.3 Å². The summed E-state index contributed by atoms with van der Waals surface area (Å²) < 4.78 is 5.67. The highest BCUT2D eigenvalue weighted by Crippen LogP contribution is 2.31. The van der Waals surface area contributed by atoms with Crippen LogP contribution in [-0.4, -0.2) is 56.8 Å². The molecule has 2 N–H and O–H groups in total. The highest BCUT2D eigenvalue weighted by atomic mass is 32.2. The molecule has 146 valence electrons. The predicted octanol–water partition coefficient (Wildman–Crippen LogP) is 3.22. The van der Waals surface area contributed by atoms with Gasteiger partial charge in [-0.05, 0) is 51.5 Å². The van der Waals surface area contributed by atoms with Crippen molar-refractivity contribution in [2.45, 2.75) is 31.9 Å². The Morgan fingerprint density at radius 1 is 1.35 bits per heavy atom. The van der Waals surface area contributed by atoms with Gasteiger partial charge in [0.25, 0.3) is 0 Å². The van der Waals surface area contributed by atoms with E-state index in [2.05, 4.69) is 54.7 Å². The summed E-state index contributed by atoms with van der Waals surface area (Å²) in [6, 6.07) is 8.27. The van der Waals surface area contributed by atoms with Crippen molar-refractivity contribution in [3.8, 4) is 5.75 Å². The van der Waals surface area contributed by atoms with Crippen molar-refractivity contribution in [2.75, 3.05) is 51.0 Å². The maximum absolute atomic E-state index is 5.51. The molecule has 1 heterocycles. The molecule has 1 unspecified atom stereocenters. The molecule has 1 aromatic carbocycles. The highest BCUT2D eigenvalue weighted by molar-refractivity contribution is 7.99. The third kappa shape index (κ3) is 6.01. The van der Waals surface area contributed by atoms with E-state index in [4.69, 9.17) is 9.73 Å². The summed E-state index contributed by atoms with van der Waals surface area (Å²) in [7, 11) is 1.74. The number of methoxy groups -OCH3 is 1. The molecular weight excluding hydrogens is 344 g/mol. The summed E-state index contributed by atoms with van der Waals surface area (Å²) in [6.07, 6.45) is 3.32. The van der Waals surface area contributed by atoms with Crippen LogP contribution in [0.4, 0.5) is 5.69 Å². The molecular formula is C20H34N4OS. The molecule has 0 bridgehead atoms. The molecule has 0 saturated carbocycles. The van der Waals surface area contributed by atoms with E-state index in [1.54, 1.807) is 7.11 Å². The minimum Gasteiger partial charge on any atom is -0.495 e. The Labute approximate surface area is 163 Å². The van der Waals surface area contributed by atoms with E-state index in [-0.39, 0.29) is 4.75 Å². The number of benzene rings is 1. The highest BCUT2D eigenvalue weighted by Gasteiger charge is 2.24. The number of guanidine groups is 1. The van der Waals surface area contributed by atoms with E-state index >= 15 is 0 Å². The Morgan fingerprint density at radius 3 is 2.81 bits per heavy atom. The number of hydrogen-bond acceptors (Lipinski definition) is 4. The van der Waals surface area contributed by atoms with Crippen molar-refractivity contribution in [3.05, 3.63) is 24.3 Å². The summed E-state index contributed by atoms with van der Waals surface area (Å²) in [6.45, 7) is 11.3. The zero-order chi connectivity index (χ0) is 19.0. The van der Waals surface area contributed by atoms with Gasteiger partial charge in [-0.1, -0.05) is 12.1 Å². The first-order valence-electron chi connectivity index (χ1n) is 9.44. The fourth-order valence-electron chi connectivity index (χ4n) is 3.03. The number of aliphatic imine (C=N–C) groups is 1. The molecule has 0 aromatic heterocycles. The molecule has 1 saturated heterocycles. The van der Waals surface area contributed by atoms with Gasteiger partial charge in [0.1, 0.15) is 5.75 Å². The molecule has 1 aliphatic rings. The first-order chi connectivity index (χ1) is 12.5. The molecule has 1 fully saturated rings. The topological polar surface area (TPSA) is 48.9 Å². The Hall–Kier alpha value is -1.56. The number of hydrogen-bond donors (Lipinski definition) is 2. The van der Waals surface area contributed by atoms with Gasteiger partial charge in [0.05, 0.1) is 19.3 Å². The lowest BCUT2D eigenvalue weighted by molar-refractivity contribution is 0.414. The number of para-hydroxylation sites is 2. The van der Waals surface area contributed by atoms with Gasteiger partial charge in [-0.3, -0.25) is 4.99 Å². The largest absolute Gasteiger partial charge is 0.495 e. The third-order valence-corrected chi connectivity index (χ3v) is 6.02. The molecule has 5 nitrogen and oxygen atoms in total. The Morgan fingerprint density at radius 2 is 2.12 bits per heavy atom. The molecule has 6 heteroatoms. The standard InChI is InChI=1S/C20H34N4OS/c1-6-21-19(23-15-20(2,3)26-5)22-13-16-11-12-24(14-16)17-9-7-8-10-18(17)25-4/h7-10,16H,6,11-15H2,1-5H3,(H2,21,22,23). The smallest absolute Gasteiger partial charge is 0.191 e. The Kier molecular flexibility index (Phi) is 7.94. The molecule has 1 aliphatic heterocycles. The summed E-state index contributed by atoms with van der Waals surface area (Å²) in [5.41, 5.74) is 1.19. The monoisotopic (exact) mass is 378 g/mol. The zero-order valence-corrected chi connectivity index (χ0v) is 17.7. The first-order valence-corrected chi connectivity index (χ1v) is 10.7. The van der Waals surface area contributed by atoms with Crippen molar-refractivity contribution in [1.82, 2.24) is 10.6 Å². The second-order valence-corrected chi connectivity index (χ2v) is 8.83. The fourth-order valence-corrected chi connectivity index (χ4v) is 3.22. The maximum atomic E-state index is 5.51. The number of anilines is 1. The quantitative estimate of drug-likeness (QED) is 0.537. The van der Waals surface area contributed by atoms with E-state index in [1.807, 2.05) is 23.9 Å². The molecule has 2 rings (SSSR count). The lowest BCUT2D eigenvalue weighted by Crippen LogP contribution is -2.41. The van der Waals surface area contributed by atoms with Gasteiger partial charge >= 0.3 is 0 Å². The second-order valence-electron chi connectivity index (χ2n) is 7.31. The van der Waals surface area contributed by atoms with E-state index < -0.39 is 0 Å².